The van der Waals surface area contributed by atoms with E-state index >= 15 is 0 Å². The first kappa shape index (κ1) is 72.8. The van der Waals surface area contributed by atoms with Crippen molar-refractivity contribution in [3.8, 4) is 0 Å². The molecule has 1 unspecified atom stereocenters. The summed E-state index contributed by atoms with van der Waals surface area (Å²) in [5, 5.41) is 0. The second-order valence-electron chi connectivity index (χ2n) is 20.9. The van der Waals surface area contributed by atoms with Crippen LogP contribution >= 0.6 is 0 Å². The third-order valence-electron chi connectivity index (χ3n) is 13.4. The van der Waals surface area contributed by atoms with Crippen LogP contribution in [0, 0.1) is 0 Å². The molecule has 0 aliphatic heterocycles. The summed E-state index contributed by atoms with van der Waals surface area (Å²) in [6.07, 6.45) is 89.2. The van der Waals surface area contributed by atoms with E-state index in [1.807, 2.05) is 6.08 Å². The zero-order valence-corrected chi connectivity index (χ0v) is 50.2. The highest BCUT2D eigenvalue weighted by Crippen LogP contribution is 2.15. The van der Waals surface area contributed by atoms with E-state index in [4.69, 9.17) is 14.2 Å². The third-order valence-corrected chi connectivity index (χ3v) is 13.4. The lowest BCUT2D eigenvalue weighted by molar-refractivity contribution is -0.166. The molecule has 0 amide bonds. The molecular weight excluding hydrogens is 949 g/mol. The molecule has 0 N–H and O–H groups in total. The average Bonchev–Trinajstić information content (AvgIpc) is 3.43. The summed E-state index contributed by atoms with van der Waals surface area (Å²) in [6.45, 7) is 6.44. The van der Waals surface area contributed by atoms with Crippen molar-refractivity contribution >= 4 is 17.9 Å². The standard InChI is InChI=1S/C71H118O6/c1-4-7-10-13-16-19-22-25-28-31-33-34-35-36-38-40-43-46-49-52-55-58-61-64-70(73)76-67-68(66-75-69(72)63-60-57-54-51-48-45-42-39-30-27-24-21-18-15-12-9-6-3)77-71(74)65-62-59-56-53-50-47-44-41-37-32-29-26-23-20-17-14-11-8-5-2/h8,11,17-18,20-22,25-27,29-31,33,37,41,47,50,56,59,68H,4-7,9-10,12-16,19,23-24,28,32,34-36,38-40,42-46,48-49,51-55,57-58,60-67H2,1-3H3/b11-8-,20-17-,21-18-,25-22-,29-26-,30-27-,33-31-,41-37-,50-47-,59-56-. The van der Waals surface area contributed by atoms with Crippen LogP contribution in [0.15, 0.2) is 122 Å². The van der Waals surface area contributed by atoms with Crippen molar-refractivity contribution in [1.82, 2.24) is 0 Å². The molecule has 6 nitrogen and oxygen atoms in total. The summed E-state index contributed by atoms with van der Waals surface area (Å²) in [6, 6.07) is 0. The summed E-state index contributed by atoms with van der Waals surface area (Å²) < 4.78 is 16.9. The van der Waals surface area contributed by atoms with Crippen LogP contribution < -0.4 is 0 Å². The lowest BCUT2D eigenvalue weighted by Crippen LogP contribution is -2.30. The molecule has 0 heterocycles. The highest BCUT2D eigenvalue weighted by Gasteiger charge is 2.19. The zero-order valence-electron chi connectivity index (χ0n) is 50.2. The van der Waals surface area contributed by atoms with E-state index in [9.17, 15) is 14.4 Å². The fourth-order valence-electron chi connectivity index (χ4n) is 8.65. The molecule has 0 saturated carbocycles. The number of ether oxygens (including phenoxy) is 3. The molecule has 0 aromatic heterocycles. The van der Waals surface area contributed by atoms with Gasteiger partial charge in [-0.1, -0.05) is 271 Å². The lowest BCUT2D eigenvalue weighted by atomic mass is 10.0. The van der Waals surface area contributed by atoms with Crippen molar-refractivity contribution in [2.75, 3.05) is 13.2 Å². The van der Waals surface area contributed by atoms with Gasteiger partial charge >= 0.3 is 17.9 Å². The highest BCUT2D eigenvalue weighted by molar-refractivity contribution is 5.71. The van der Waals surface area contributed by atoms with Gasteiger partial charge in [-0.05, 0) is 122 Å². The maximum atomic E-state index is 12.9. The molecule has 0 radical (unpaired) electrons. The molecule has 0 rings (SSSR count). The van der Waals surface area contributed by atoms with E-state index in [1.165, 1.54) is 148 Å². The Labute approximate surface area is 475 Å². The van der Waals surface area contributed by atoms with Crippen LogP contribution in [-0.4, -0.2) is 37.2 Å². The Morgan fingerprint density at radius 2 is 0.532 bits per heavy atom. The van der Waals surface area contributed by atoms with Gasteiger partial charge in [0.05, 0.1) is 0 Å². The van der Waals surface area contributed by atoms with E-state index in [-0.39, 0.29) is 31.6 Å². The van der Waals surface area contributed by atoms with Crippen molar-refractivity contribution in [3.63, 3.8) is 0 Å². The smallest absolute Gasteiger partial charge is 0.306 e. The molecule has 0 aliphatic carbocycles. The topological polar surface area (TPSA) is 78.9 Å². The number of carbonyl (C=O) groups is 3. The van der Waals surface area contributed by atoms with E-state index in [1.54, 1.807) is 0 Å². The summed E-state index contributed by atoms with van der Waals surface area (Å²) in [5.41, 5.74) is 0. The molecule has 0 aromatic carbocycles. The fourth-order valence-corrected chi connectivity index (χ4v) is 8.65. The number of hydrogen-bond acceptors (Lipinski definition) is 6. The second kappa shape index (κ2) is 64.3. The first-order valence-electron chi connectivity index (χ1n) is 32.0. The fraction of sp³-hybridized carbons (Fsp3) is 0.676. The average molecular weight is 1070 g/mol. The first-order chi connectivity index (χ1) is 38.0. The Morgan fingerprint density at radius 3 is 0.870 bits per heavy atom. The number of hydrogen-bond donors (Lipinski definition) is 0. The van der Waals surface area contributed by atoms with E-state index in [0.717, 1.165) is 96.3 Å². The predicted octanol–water partition coefficient (Wildman–Crippen LogP) is 22.0. The zero-order chi connectivity index (χ0) is 55.7. The van der Waals surface area contributed by atoms with E-state index in [2.05, 4.69) is 136 Å². The van der Waals surface area contributed by atoms with Gasteiger partial charge in [0.15, 0.2) is 6.10 Å². The maximum Gasteiger partial charge on any atom is 0.306 e. The Balaban J connectivity index is 4.48. The molecule has 0 fully saturated rings. The van der Waals surface area contributed by atoms with Gasteiger partial charge in [-0.2, -0.15) is 0 Å². The highest BCUT2D eigenvalue weighted by atomic mass is 16.6. The van der Waals surface area contributed by atoms with Crippen molar-refractivity contribution in [2.24, 2.45) is 0 Å². The first-order valence-corrected chi connectivity index (χ1v) is 32.0. The van der Waals surface area contributed by atoms with Crippen molar-refractivity contribution in [1.29, 1.82) is 0 Å². The normalized spacial score (nSPS) is 12.9. The largest absolute Gasteiger partial charge is 0.462 e. The summed E-state index contributed by atoms with van der Waals surface area (Å²) >= 11 is 0. The molecule has 0 spiro atoms. The maximum absolute atomic E-state index is 12.9. The van der Waals surface area contributed by atoms with Crippen LogP contribution in [0.3, 0.4) is 0 Å². The van der Waals surface area contributed by atoms with Crippen molar-refractivity contribution in [2.45, 2.75) is 297 Å². The van der Waals surface area contributed by atoms with Gasteiger partial charge in [-0.25, -0.2) is 0 Å². The van der Waals surface area contributed by atoms with E-state index < -0.39 is 12.1 Å². The molecule has 0 saturated heterocycles. The molecule has 1 atom stereocenters. The predicted molar refractivity (Wildman–Crippen MR) is 334 cm³/mol. The Morgan fingerprint density at radius 1 is 0.273 bits per heavy atom. The van der Waals surface area contributed by atoms with Crippen LogP contribution in [0.4, 0.5) is 0 Å². The number of allylic oxidation sites excluding steroid dienone is 20. The molecule has 0 aliphatic rings. The van der Waals surface area contributed by atoms with Crippen LogP contribution in [0.2, 0.25) is 0 Å². The number of rotatable bonds is 57. The molecule has 0 bridgehead atoms. The minimum Gasteiger partial charge on any atom is -0.462 e. The van der Waals surface area contributed by atoms with Crippen LogP contribution in [0.25, 0.3) is 0 Å². The van der Waals surface area contributed by atoms with Crippen molar-refractivity contribution < 1.29 is 28.6 Å². The Bertz CT molecular complexity index is 1600. The molecule has 0 aromatic rings. The minimum atomic E-state index is -0.827. The Hall–Kier alpha value is -4.19. The lowest BCUT2D eigenvalue weighted by Gasteiger charge is -2.18. The summed E-state index contributed by atoms with van der Waals surface area (Å²) in [7, 11) is 0. The number of carbonyl (C=O) groups excluding carboxylic acids is 3. The molecular formula is C71H118O6. The van der Waals surface area contributed by atoms with Gasteiger partial charge in [0, 0.05) is 19.3 Å². The van der Waals surface area contributed by atoms with Gasteiger partial charge in [0.1, 0.15) is 13.2 Å². The minimum absolute atomic E-state index is 0.114. The van der Waals surface area contributed by atoms with Gasteiger partial charge < -0.3 is 14.2 Å². The summed E-state index contributed by atoms with van der Waals surface area (Å²) in [4.78, 5) is 38.3. The second-order valence-corrected chi connectivity index (χ2v) is 20.9. The third kappa shape index (κ3) is 62.5. The van der Waals surface area contributed by atoms with Crippen LogP contribution in [0.1, 0.15) is 290 Å². The quantitative estimate of drug-likeness (QED) is 0.0261. The number of unbranched alkanes of at least 4 members (excludes halogenated alkanes) is 26. The summed E-state index contributed by atoms with van der Waals surface area (Å²) in [5.74, 6) is -1.00. The molecule has 77 heavy (non-hydrogen) atoms. The monoisotopic (exact) mass is 1070 g/mol. The molecule has 438 valence electrons. The van der Waals surface area contributed by atoms with Gasteiger partial charge in [0.2, 0.25) is 0 Å². The Kier molecular flexibility index (Phi) is 60.8. The van der Waals surface area contributed by atoms with Crippen LogP contribution in [0.5, 0.6) is 0 Å². The van der Waals surface area contributed by atoms with Gasteiger partial charge in [-0.15, -0.1) is 0 Å². The van der Waals surface area contributed by atoms with E-state index in [0.29, 0.717) is 19.3 Å². The van der Waals surface area contributed by atoms with Gasteiger partial charge in [0.25, 0.3) is 0 Å². The molecule has 6 heteroatoms. The SMILES string of the molecule is CC/C=C\C/C=C\C/C=C\C/C=C\C/C=C\C/C=C\CCC(=O)OC(COC(=O)CCCCCCCCC/C=C\C/C=C\CCCCC)COC(=O)CCCCCCCCCCCCC/C=C\C/C=C\CCCCCCC. The number of esters is 3. The van der Waals surface area contributed by atoms with Crippen LogP contribution in [-0.2, 0) is 28.6 Å². The van der Waals surface area contributed by atoms with Crippen molar-refractivity contribution in [3.05, 3.63) is 122 Å². The van der Waals surface area contributed by atoms with Gasteiger partial charge in [-0.3, -0.25) is 14.4 Å².